The van der Waals surface area contributed by atoms with Gasteiger partial charge in [-0.1, -0.05) is 12.1 Å². The summed E-state index contributed by atoms with van der Waals surface area (Å²) in [5, 5.41) is 11.3. The van der Waals surface area contributed by atoms with Gasteiger partial charge in [0.15, 0.2) is 17.4 Å². The molecule has 0 unspecified atom stereocenters. The Morgan fingerprint density at radius 3 is 2.22 bits per heavy atom. The highest BCUT2D eigenvalue weighted by Gasteiger charge is 2.18. The number of ether oxygens (including phenoxy) is 2. The number of benzene rings is 3. The van der Waals surface area contributed by atoms with Gasteiger partial charge < -0.3 is 25.3 Å². The lowest BCUT2D eigenvalue weighted by Crippen LogP contribution is -2.25. The van der Waals surface area contributed by atoms with Gasteiger partial charge in [0.25, 0.3) is 0 Å². The van der Waals surface area contributed by atoms with E-state index in [0.717, 1.165) is 66.3 Å². The first-order valence-corrected chi connectivity index (χ1v) is 12.2. The van der Waals surface area contributed by atoms with Crippen LogP contribution in [0.1, 0.15) is 29.2 Å². The van der Waals surface area contributed by atoms with Crippen LogP contribution in [0.4, 0.5) is 11.4 Å². The second-order valence-corrected chi connectivity index (χ2v) is 9.27. The lowest BCUT2D eigenvalue weighted by molar-refractivity contribution is 0.279. The molecule has 7 nitrogen and oxygen atoms in total. The van der Waals surface area contributed by atoms with Crippen LogP contribution in [0.3, 0.4) is 0 Å². The van der Waals surface area contributed by atoms with Gasteiger partial charge in [-0.15, -0.1) is 0 Å². The minimum atomic E-state index is 0.103. The van der Waals surface area contributed by atoms with Gasteiger partial charge in [-0.3, -0.25) is 9.89 Å². The second-order valence-electron chi connectivity index (χ2n) is 9.27. The number of nitrogens with two attached hydrogens (primary N) is 1. The number of rotatable bonds is 6. The molecule has 36 heavy (non-hydrogen) atoms. The molecule has 0 saturated carbocycles. The number of hydrogen-bond donors (Lipinski definition) is 3. The largest absolute Gasteiger partial charge is 0.494 e. The average Bonchev–Trinajstić information content (AvgIpc) is 3.08. The van der Waals surface area contributed by atoms with Crippen molar-refractivity contribution in [1.82, 2.24) is 9.88 Å². The van der Waals surface area contributed by atoms with Crippen LogP contribution in [0.5, 0.6) is 17.4 Å². The predicted molar refractivity (Wildman–Crippen MR) is 145 cm³/mol. The first kappa shape index (κ1) is 23.8. The number of methoxy groups -OCH3 is 2. The van der Waals surface area contributed by atoms with E-state index in [1.54, 1.807) is 14.2 Å². The van der Waals surface area contributed by atoms with E-state index >= 15 is 0 Å². The summed E-state index contributed by atoms with van der Waals surface area (Å²) in [5.41, 5.74) is 13.6. The van der Waals surface area contributed by atoms with E-state index in [4.69, 9.17) is 20.2 Å². The third kappa shape index (κ3) is 4.75. The summed E-state index contributed by atoms with van der Waals surface area (Å²) in [6.45, 7) is 4.76. The zero-order valence-corrected chi connectivity index (χ0v) is 21.0. The molecule has 0 bridgehead atoms. The highest BCUT2D eigenvalue weighted by atomic mass is 16.5. The summed E-state index contributed by atoms with van der Waals surface area (Å²) < 4.78 is 11.0. The molecule has 1 aliphatic heterocycles. The minimum absolute atomic E-state index is 0.103. The molecule has 0 saturated heterocycles. The van der Waals surface area contributed by atoms with Gasteiger partial charge in [0.2, 0.25) is 0 Å². The smallest absolute Gasteiger partial charge is 0.198 e. The summed E-state index contributed by atoms with van der Waals surface area (Å²) in [7, 11) is 3.36. The summed E-state index contributed by atoms with van der Waals surface area (Å²) in [4.78, 5) is 10.2. The zero-order chi connectivity index (χ0) is 25.2. The van der Waals surface area contributed by atoms with E-state index < -0.39 is 0 Å². The van der Waals surface area contributed by atoms with Gasteiger partial charge in [-0.05, 0) is 78.9 Å². The molecule has 0 atom stereocenters. The van der Waals surface area contributed by atoms with Crippen molar-refractivity contribution in [1.29, 1.82) is 0 Å². The van der Waals surface area contributed by atoms with Crippen LogP contribution < -0.4 is 15.2 Å². The summed E-state index contributed by atoms with van der Waals surface area (Å²) in [6.07, 6.45) is 1.96. The number of aromatic amines is 1. The summed E-state index contributed by atoms with van der Waals surface area (Å²) in [6, 6.07) is 18.1. The Bertz CT molecular complexity index is 1390. The molecule has 1 aliphatic rings. The summed E-state index contributed by atoms with van der Waals surface area (Å²) >= 11 is 0. The number of aliphatic imine (C=N–C) groups is 1. The molecule has 0 fully saturated rings. The molecular weight excluding hydrogens is 452 g/mol. The minimum Gasteiger partial charge on any atom is -0.494 e. The highest BCUT2D eigenvalue weighted by molar-refractivity contribution is 6.13. The molecule has 5 rings (SSSR count). The Hall–Kier alpha value is -3.97. The van der Waals surface area contributed by atoms with Gasteiger partial charge in [0.05, 0.1) is 31.2 Å². The molecule has 4 N–H and O–H groups in total. The molecule has 0 aliphatic carbocycles. The maximum absolute atomic E-state index is 10.5. The molecule has 7 heteroatoms. The van der Waals surface area contributed by atoms with Gasteiger partial charge in [-0.2, -0.15) is 0 Å². The second kappa shape index (κ2) is 9.95. The predicted octanol–water partition coefficient (Wildman–Crippen LogP) is 5.21. The third-order valence-corrected chi connectivity index (χ3v) is 6.90. The topological polar surface area (TPSA) is 96.1 Å². The average molecular weight is 485 g/mol. The van der Waals surface area contributed by atoms with Crippen LogP contribution in [0.15, 0.2) is 59.6 Å². The molecule has 1 aromatic heterocycles. The number of aromatic nitrogens is 1. The molecule has 3 aromatic carbocycles. The van der Waals surface area contributed by atoms with Gasteiger partial charge in [0.1, 0.15) is 0 Å². The maximum Gasteiger partial charge on any atom is 0.198 e. The maximum atomic E-state index is 10.5. The number of nitrogens with zero attached hydrogens (tertiary/aromatic N) is 2. The van der Waals surface area contributed by atoms with Gasteiger partial charge in [-0.25, -0.2) is 0 Å². The highest BCUT2D eigenvalue weighted by Crippen LogP contribution is 2.33. The van der Waals surface area contributed by atoms with Gasteiger partial charge >= 0.3 is 0 Å². The number of aromatic hydroxyl groups is 1. The standard InChI is InChI=1S/C29H32N4O3/c1-18(28-24-16-22(30)6-9-25(24)32-29(28)34)31-23-7-4-19(5-8-23)17-33-12-10-20-14-26(35-2)27(36-3)15-21(20)11-13-33/h4-9,14-16,32,34H,10-13,17,30H2,1-3H3. The van der Waals surface area contributed by atoms with E-state index in [2.05, 4.69) is 34.1 Å². The van der Waals surface area contributed by atoms with Crippen LogP contribution >= 0.6 is 0 Å². The molecule has 0 spiro atoms. The molecular formula is C29H32N4O3. The quantitative estimate of drug-likeness (QED) is 0.258. The fraction of sp³-hybridized carbons (Fsp3) is 0.276. The lowest BCUT2D eigenvalue weighted by atomic mass is 10.0. The zero-order valence-electron chi connectivity index (χ0n) is 21.0. The van der Waals surface area contributed by atoms with E-state index in [0.29, 0.717) is 11.3 Å². The first-order valence-electron chi connectivity index (χ1n) is 12.2. The number of nitrogens with one attached hydrogen (secondary N) is 1. The number of nitrogen functional groups attached to an aromatic ring is 1. The Kier molecular flexibility index (Phi) is 6.57. The molecule has 4 aromatic rings. The lowest BCUT2D eigenvalue weighted by Gasteiger charge is -2.19. The third-order valence-electron chi connectivity index (χ3n) is 6.90. The Morgan fingerprint density at radius 1 is 0.972 bits per heavy atom. The van der Waals surface area contributed by atoms with Crippen molar-refractivity contribution >= 4 is 28.0 Å². The molecule has 0 amide bonds. The Morgan fingerprint density at radius 2 is 1.61 bits per heavy atom. The van der Waals surface area contributed by atoms with E-state index in [-0.39, 0.29) is 5.88 Å². The van der Waals surface area contributed by atoms with Crippen molar-refractivity contribution in [2.75, 3.05) is 33.0 Å². The van der Waals surface area contributed by atoms with Crippen molar-refractivity contribution in [3.63, 3.8) is 0 Å². The Balaban J connectivity index is 1.28. The van der Waals surface area contributed by atoms with Gasteiger partial charge in [0, 0.05) is 36.2 Å². The SMILES string of the molecule is COc1cc2c(cc1OC)CCN(Cc1ccc(N=C(C)c3c(O)[nH]c4ccc(N)cc34)cc1)CC2. The van der Waals surface area contributed by atoms with Crippen molar-refractivity contribution in [3.8, 4) is 17.4 Å². The number of anilines is 1. The van der Waals surface area contributed by atoms with Crippen molar-refractivity contribution in [2.24, 2.45) is 4.99 Å². The van der Waals surface area contributed by atoms with Crippen LogP contribution in [0, 0.1) is 0 Å². The molecule has 186 valence electrons. The van der Waals surface area contributed by atoms with Crippen molar-refractivity contribution < 1.29 is 14.6 Å². The van der Waals surface area contributed by atoms with Crippen molar-refractivity contribution in [3.05, 3.63) is 76.9 Å². The normalized spacial score (nSPS) is 14.5. The van der Waals surface area contributed by atoms with Crippen LogP contribution in [0.25, 0.3) is 10.9 Å². The summed E-state index contributed by atoms with van der Waals surface area (Å²) in [5.74, 6) is 1.69. The van der Waals surface area contributed by atoms with Crippen molar-refractivity contribution in [2.45, 2.75) is 26.3 Å². The van der Waals surface area contributed by atoms with E-state index in [1.807, 2.05) is 37.3 Å². The number of fused-ring (bicyclic) bond motifs is 2. The molecule has 2 heterocycles. The fourth-order valence-electron chi connectivity index (χ4n) is 5.00. The number of hydrogen-bond acceptors (Lipinski definition) is 6. The van der Waals surface area contributed by atoms with E-state index in [9.17, 15) is 5.11 Å². The monoisotopic (exact) mass is 484 g/mol. The first-order chi connectivity index (χ1) is 17.4. The van der Waals surface area contributed by atoms with Crippen LogP contribution in [-0.2, 0) is 19.4 Å². The molecule has 0 radical (unpaired) electrons. The van der Waals surface area contributed by atoms with E-state index in [1.165, 1.54) is 16.7 Å². The number of H-pyrrole nitrogens is 1. The van der Waals surface area contributed by atoms with Crippen LogP contribution in [-0.4, -0.2) is 48.0 Å². The fourth-order valence-corrected chi connectivity index (χ4v) is 5.00. The Labute approximate surface area is 211 Å². The van der Waals surface area contributed by atoms with Crippen LogP contribution in [0.2, 0.25) is 0 Å².